The Morgan fingerprint density at radius 2 is 1.81 bits per heavy atom. The van der Waals surface area contributed by atoms with Crippen molar-refractivity contribution in [2.45, 2.75) is 18.9 Å². The Morgan fingerprint density at radius 3 is 2.48 bits per heavy atom. The van der Waals surface area contributed by atoms with E-state index in [1.807, 2.05) is 41.3 Å². The lowest BCUT2D eigenvalue weighted by molar-refractivity contribution is -0.156. The highest BCUT2D eigenvalue weighted by molar-refractivity contribution is 5.91. The molecule has 2 bridgehead atoms. The summed E-state index contributed by atoms with van der Waals surface area (Å²) < 4.78 is 11.1. The van der Waals surface area contributed by atoms with Gasteiger partial charge in [0.2, 0.25) is 0 Å². The summed E-state index contributed by atoms with van der Waals surface area (Å²) in [5, 5.41) is 0. The molecule has 0 unspecified atom stereocenters. The number of esters is 2. The maximum atomic E-state index is 12.9. The second-order valence-corrected chi connectivity index (χ2v) is 8.03. The molecule has 3 saturated heterocycles. The fourth-order valence-corrected chi connectivity index (χ4v) is 4.34. The quantitative estimate of drug-likeness (QED) is 0.478. The maximum Gasteiger partial charge on any atom is 0.338 e. The summed E-state index contributed by atoms with van der Waals surface area (Å²) >= 11 is 0. The molecule has 0 radical (unpaired) electrons. The molecule has 3 aliphatic rings. The van der Waals surface area contributed by atoms with E-state index in [-0.39, 0.29) is 25.2 Å². The van der Waals surface area contributed by atoms with Crippen molar-refractivity contribution in [1.82, 2.24) is 4.90 Å². The van der Waals surface area contributed by atoms with Crippen LogP contribution in [0.1, 0.15) is 23.2 Å². The molecule has 0 aliphatic carbocycles. The Balaban J connectivity index is 1.52. The molecule has 31 heavy (non-hydrogen) atoms. The third-order valence-electron chi connectivity index (χ3n) is 5.96. The Hall–Kier alpha value is -3.12. The second kappa shape index (κ2) is 9.79. The van der Waals surface area contributed by atoms with Gasteiger partial charge in [0.15, 0.2) is 0 Å². The molecule has 0 saturated carbocycles. The van der Waals surface area contributed by atoms with Crippen LogP contribution in [0.5, 0.6) is 0 Å². The predicted octanol–water partition coefficient (Wildman–Crippen LogP) is 3.80. The molecule has 6 heteroatoms. The van der Waals surface area contributed by atoms with Crippen LogP contribution in [-0.4, -0.2) is 55.7 Å². The van der Waals surface area contributed by atoms with Crippen LogP contribution in [0.3, 0.4) is 0 Å². The van der Waals surface area contributed by atoms with E-state index < -0.39 is 5.97 Å². The number of carbonyl (C=O) groups excluding carboxylic acids is 2. The predicted molar refractivity (Wildman–Crippen MR) is 119 cm³/mol. The number of nitrogens with zero attached hydrogens (tertiary/aromatic N) is 2. The molecule has 2 aromatic rings. The lowest BCUT2D eigenvalue weighted by atomic mass is 9.86. The number of hydrogen-bond acceptors (Lipinski definition) is 6. The molecule has 0 aromatic heterocycles. The summed E-state index contributed by atoms with van der Waals surface area (Å²) in [4.78, 5) is 29.4. The van der Waals surface area contributed by atoms with Crippen molar-refractivity contribution in [2.24, 2.45) is 5.92 Å². The van der Waals surface area contributed by atoms with Crippen molar-refractivity contribution >= 4 is 23.3 Å². The SMILES string of the molecule is C=CCOC(=O)c1cccc(N(CC(=O)O[C@H]2CN3CCC2CC3)c2ccccc2)c1. The normalized spacial score (nSPS) is 21.9. The minimum Gasteiger partial charge on any atom is -0.459 e. The van der Waals surface area contributed by atoms with Gasteiger partial charge < -0.3 is 14.4 Å². The monoisotopic (exact) mass is 420 g/mol. The number of fused-ring (bicyclic) bond motifs is 3. The summed E-state index contributed by atoms with van der Waals surface area (Å²) in [5.74, 6) is -0.228. The molecule has 2 aromatic carbocycles. The number of hydrogen-bond donors (Lipinski definition) is 0. The number of para-hydroxylation sites is 1. The molecule has 3 heterocycles. The zero-order chi connectivity index (χ0) is 21.6. The van der Waals surface area contributed by atoms with Crippen molar-refractivity contribution in [3.8, 4) is 0 Å². The van der Waals surface area contributed by atoms with E-state index in [1.165, 1.54) is 6.08 Å². The highest BCUT2D eigenvalue weighted by Crippen LogP contribution is 2.30. The average molecular weight is 421 g/mol. The van der Waals surface area contributed by atoms with Gasteiger partial charge in [0, 0.05) is 17.9 Å². The fourth-order valence-electron chi connectivity index (χ4n) is 4.34. The molecule has 0 spiro atoms. The van der Waals surface area contributed by atoms with Crippen molar-refractivity contribution in [3.05, 3.63) is 72.8 Å². The minimum absolute atomic E-state index is 0.0344. The molecule has 3 aliphatic heterocycles. The average Bonchev–Trinajstić information content (AvgIpc) is 2.82. The largest absolute Gasteiger partial charge is 0.459 e. The van der Waals surface area contributed by atoms with E-state index >= 15 is 0 Å². The first-order valence-electron chi connectivity index (χ1n) is 10.8. The first-order valence-corrected chi connectivity index (χ1v) is 10.8. The first-order chi connectivity index (χ1) is 15.1. The molecule has 162 valence electrons. The maximum absolute atomic E-state index is 12.9. The van der Waals surface area contributed by atoms with Crippen LogP contribution >= 0.6 is 0 Å². The summed E-state index contributed by atoms with van der Waals surface area (Å²) in [7, 11) is 0. The minimum atomic E-state index is -0.426. The zero-order valence-electron chi connectivity index (χ0n) is 17.6. The smallest absolute Gasteiger partial charge is 0.338 e. The molecular formula is C25H28N2O4. The van der Waals surface area contributed by atoms with Gasteiger partial charge in [0.05, 0.1) is 5.56 Å². The van der Waals surface area contributed by atoms with Gasteiger partial charge in [-0.1, -0.05) is 36.9 Å². The molecule has 5 rings (SSSR count). The Bertz CT molecular complexity index is 922. The highest BCUT2D eigenvalue weighted by atomic mass is 16.5. The number of anilines is 2. The molecule has 0 amide bonds. The molecular weight excluding hydrogens is 392 g/mol. The van der Waals surface area contributed by atoms with Crippen LogP contribution in [-0.2, 0) is 14.3 Å². The van der Waals surface area contributed by atoms with Crippen molar-refractivity contribution < 1.29 is 19.1 Å². The van der Waals surface area contributed by atoms with Crippen LogP contribution in [0.2, 0.25) is 0 Å². The third kappa shape index (κ3) is 5.14. The number of rotatable bonds is 8. The first kappa shape index (κ1) is 21.1. The number of piperidine rings is 3. The lowest BCUT2D eigenvalue weighted by Crippen LogP contribution is -2.52. The lowest BCUT2D eigenvalue weighted by Gasteiger charge is -2.44. The van der Waals surface area contributed by atoms with Gasteiger partial charge in [-0.2, -0.15) is 0 Å². The van der Waals surface area contributed by atoms with Gasteiger partial charge in [0.25, 0.3) is 0 Å². The van der Waals surface area contributed by atoms with Gasteiger partial charge in [-0.3, -0.25) is 9.69 Å². The van der Waals surface area contributed by atoms with E-state index in [0.29, 0.717) is 11.5 Å². The van der Waals surface area contributed by atoms with Crippen LogP contribution in [0.25, 0.3) is 0 Å². The van der Waals surface area contributed by atoms with E-state index in [2.05, 4.69) is 11.5 Å². The molecule has 1 atom stereocenters. The van der Waals surface area contributed by atoms with E-state index in [1.54, 1.807) is 18.2 Å². The van der Waals surface area contributed by atoms with Gasteiger partial charge in [0.1, 0.15) is 19.3 Å². The van der Waals surface area contributed by atoms with Gasteiger partial charge in [-0.15, -0.1) is 0 Å². The second-order valence-electron chi connectivity index (χ2n) is 8.03. The van der Waals surface area contributed by atoms with Crippen LogP contribution in [0.4, 0.5) is 11.4 Å². The Kier molecular flexibility index (Phi) is 6.67. The summed E-state index contributed by atoms with van der Waals surface area (Å²) in [5.41, 5.74) is 2.00. The Labute approximate surface area is 183 Å². The third-order valence-corrected chi connectivity index (χ3v) is 5.96. The van der Waals surface area contributed by atoms with Crippen LogP contribution in [0.15, 0.2) is 67.3 Å². The number of carbonyl (C=O) groups is 2. The number of ether oxygens (including phenoxy) is 2. The number of benzene rings is 2. The van der Waals surface area contributed by atoms with Gasteiger partial charge in [-0.25, -0.2) is 4.79 Å². The highest BCUT2D eigenvalue weighted by Gasteiger charge is 2.36. The summed E-state index contributed by atoms with van der Waals surface area (Å²) in [6.45, 7) is 6.81. The topological polar surface area (TPSA) is 59.1 Å². The van der Waals surface area contributed by atoms with E-state index in [9.17, 15) is 9.59 Å². The van der Waals surface area contributed by atoms with Crippen molar-refractivity contribution in [2.75, 3.05) is 37.7 Å². The zero-order valence-corrected chi connectivity index (χ0v) is 17.6. The molecule has 0 N–H and O–H groups in total. The van der Waals surface area contributed by atoms with E-state index in [4.69, 9.17) is 9.47 Å². The summed E-state index contributed by atoms with van der Waals surface area (Å²) in [6, 6.07) is 16.7. The van der Waals surface area contributed by atoms with Crippen LogP contribution in [0, 0.1) is 5.92 Å². The summed E-state index contributed by atoms with van der Waals surface area (Å²) in [6.07, 6.45) is 3.68. The van der Waals surface area contributed by atoms with Gasteiger partial charge in [-0.05, 0) is 62.2 Å². The van der Waals surface area contributed by atoms with Crippen molar-refractivity contribution in [3.63, 3.8) is 0 Å². The van der Waals surface area contributed by atoms with E-state index in [0.717, 1.165) is 43.9 Å². The Morgan fingerprint density at radius 1 is 1.06 bits per heavy atom. The van der Waals surface area contributed by atoms with Crippen LogP contribution < -0.4 is 4.90 Å². The molecule has 6 nitrogen and oxygen atoms in total. The standard InChI is InChI=1S/C25H28N2O4/c1-2-15-30-25(29)20-7-6-10-22(16-20)27(21-8-4-3-5-9-21)18-24(28)31-23-17-26-13-11-19(23)12-14-26/h2-10,16,19,23H,1,11-15,17-18H2/t23-/m0/s1. The molecule has 3 fully saturated rings. The van der Waals surface area contributed by atoms with Gasteiger partial charge >= 0.3 is 11.9 Å². The van der Waals surface area contributed by atoms with Crippen molar-refractivity contribution in [1.29, 1.82) is 0 Å². The fraction of sp³-hybridized carbons (Fsp3) is 0.360.